The normalized spacial score (nSPS) is 17.9. The van der Waals surface area contributed by atoms with Crippen LogP contribution in [0.25, 0.3) is 0 Å². The fraction of sp³-hybridized carbons (Fsp3) is 0.500. The smallest absolute Gasteiger partial charge is 0.322 e. The van der Waals surface area contributed by atoms with Gasteiger partial charge in [0.2, 0.25) is 15.9 Å². The standard InChI is InChI=1S/C16H24N4O4S/c1-3-9-18-25(23,24)13-7-5-12(6-8-13)19-16(22)20-11-10-17-15(21)14(20)4-2/h5-8,14,18H,3-4,9-11H2,1-2H3,(H,17,21)(H,19,22). The van der Waals surface area contributed by atoms with Crippen LogP contribution < -0.4 is 15.4 Å². The van der Waals surface area contributed by atoms with Crippen molar-refractivity contribution in [2.24, 2.45) is 0 Å². The molecule has 138 valence electrons. The summed E-state index contributed by atoms with van der Waals surface area (Å²) in [7, 11) is -3.53. The number of rotatable bonds is 6. The maximum absolute atomic E-state index is 12.4. The minimum absolute atomic E-state index is 0.141. The summed E-state index contributed by atoms with van der Waals surface area (Å²) < 4.78 is 26.6. The molecule has 0 saturated carbocycles. The molecule has 1 heterocycles. The second-order valence-corrected chi connectivity index (χ2v) is 7.53. The summed E-state index contributed by atoms with van der Waals surface area (Å²) in [5.74, 6) is -0.160. The Morgan fingerprint density at radius 3 is 2.56 bits per heavy atom. The molecule has 2 rings (SSSR count). The first-order chi connectivity index (χ1) is 11.9. The van der Waals surface area contributed by atoms with Gasteiger partial charge in [-0.25, -0.2) is 17.9 Å². The van der Waals surface area contributed by atoms with E-state index in [0.29, 0.717) is 38.2 Å². The average molecular weight is 368 g/mol. The number of hydrogen-bond donors (Lipinski definition) is 3. The highest BCUT2D eigenvalue weighted by Gasteiger charge is 2.31. The van der Waals surface area contributed by atoms with Crippen LogP contribution >= 0.6 is 0 Å². The van der Waals surface area contributed by atoms with Gasteiger partial charge in [0.25, 0.3) is 0 Å². The summed E-state index contributed by atoms with van der Waals surface area (Å²) >= 11 is 0. The van der Waals surface area contributed by atoms with Crippen molar-refractivity contribution in [2.45, 2.75) is 37.6 Å². The summed E-state index contributed by atoms with van der Waals surface area (Å²) in [6, 6.07) is 5.07. The topological polar surface area (TPSA) is 108 Å². The second-order valence-electron chi connectivity index (χ2n) is 5.76. The monoisotopic (exact) mass is 368 g/mol. The molecule has 8 nitrogen and oxygen atoms in total. The van der Waals surface area contributed by atoms with Crippen LogP contribution in [-0.2, 0) is 14.8 Å². The fourth-order valence-corrected chi connectivity index (χ4v) is 3.73. The molecule has 0 aliphatic carbocycles. The highest BCUT2D eigenvalue weighted by atomic mass is 32.2. The first-order valence-corrected chi connectivity index (χ1v) is 9.82. The largest absolute Gasteiger partial charge is 0.353 e. The number of nitrogens with one attached hydrogen (secondary N) is 3. The Labute approximate surface area is 148 Å². The summed E-state index contributed by atoms with van der Waals surface area (Å²) in [6.07, 6.45) is 1.23. The van der Waals surface area contributed by atoms with Gasteiger partial charge in [-0.05, 0) is 37.1 Å². The zero-order valence-corrected chi connectivity index (χ0v) is 15.2. The van der Waals surface area contributed by atoms with Gasteiger partial charge in [0.15, 0.2) is 0 Å². The van der Waals surface area contributed by atoms with E-state index in [-0.39, 0.29) is 16.8 Å². The second kappa shape index (κ2) is 8.30. The zero-order chi connectivity index (χ0) is 18.4. The van der Waals surface area contributed by atoms with E-state index in [1.165, 1.54) is 29.2 Å². The molecular weight excluding hydrogens is 344 g/mol. The van der Waals surface area contributed by atoms with Gasteiger partial charge in [-0.2, -0.15) is 0 Å². The van der Waals surface area contributed by atoms with Crippen molar-refractivity contribution in [3.05, 3.63) is 24.3 Å². The molecule has 3 amide bonds. The third-order valence-electron chi connectivity index (χ3n) is 3.94. The molecule has 1 fully saturated rings. The number of anilines is 1. The number of piperazine rings is 1. The van der Waals surface area contributed by atoms with Crippen molar-refractivity contribution < 1.29 is 18.0 Å². The Morgan fingerprint density at radius 2 is 1.96 bits per heavy atom. The predicted octanol–water partition coefficient (Wildman–Crippen LogP) is 1.12. The molecule has 1 aromatic carbocycles. The molecule has 1 unspecified atom stereocenters. The maximum atomic E-state index is 12.4. The highest BCUT2D eigenvalue weighted by Crippen LogP contribution is 2.16. The molecule has 1 aliphatic rings. The molecule has 1 aromatic rings. The Kier molecular flexibility index (Phi) is 6.38. The average Bonchev–Trinajstić information content (AvgIpc) is 2.60. The van der Waals surface area contributed by atoms with Crippen LogP contribution in [0, 0.1) is 0 Å². The molecule has 1 saturated heterocycles. The molecule has 1 aliphatic heterocycles. The third kappa shape index (κ3) is 4.70. The Bertz CT molecular complexity index is 718. The molecule has 0 aromatic heterocycles. The fourth-order valence-electron chi connectivity index (χ4n) is 2.60. The summed E-state index contributed by atoms with van der Waals surface area (Å²) in [5, 5.41) is 5.45. The van der Waals surface area contributed by atoms with Gasteiger partial charge < -0.3 is 15.5 Å². The predicted molar refractivity (Wildman–Crippen MR) is 94.7 cm³/mol. The van der Waals surface area contributed by atoms with E-state index in [9.17, 15) is 18.0 Å². The van der Waals surface area contributed by atoms with Crippen LogP contribution in [0.15, 0.2) is 29.2 Å². The highest BCUT2D eigenvalue weighted by molar-refractivity contribution is 7.89. The van der Waals surface area contributed by atoms with Crippen LogP contribution in [0.5, 0.6) is 0 Å². The number of hydrogen-bond acceptors (Lipinski definition) is 4. The molecular formula is C16H24N4O4S. The van der Waals surface area contributed by atoms with Gasteiger partial charge in [-0.3, -0.25) is 4.79 Å². The third-order valence-corrected chi connectivity index (χ3v) is 5.41. The van der Waals surface area contributed by atoms with Gasteiger partial charge in [0, 0.05) is 25.3 Å². The minimum Gasteiger partial charge on any atom is -0.353 e. The quantitative estimate of drug-likeness (QED) is 0.699. The van der Waals surface area contributed by atoms with Gasteiger partial charge in [-0.15, -0.1) is 0 Å². The summed E-state index contributed by atoms with van der Waals surface area (Å²) in [5.41, 5.74) is 0.472. The number of carbonyl (C=O) groups excluding carboxylic acids is 2. The van der Waals surface area contributed by atoms with Crippen molar-refractivity contribution in [3.63, 3.8) is 0 Å². The first-order valence-electron chi connectivity index (χ1n) is 8.34. The lowest BCUT2D eigenvalue weighted by atomic mass is 10.1. The Hall–Kier alpha value is -2.13. The van der Waals surface area contributed by atoms with Crippen LogP contribution in [0.3, 0.4) is 0 Å². The Morgan fingerprint density at radius 1 is 1.28 bits per heavy atom. The SMILES string of the molecule is CCCNS(=O)(=O)c1ccc(NC(=O)N2CCNC(=O)C2CC)cc1. The van der Waals surface area contributed by atoms with Crippen molar-refractivity contribution in [3.8, 4) is 0 Å². The molecule has 0 radical (unpaired) electrons. The van der Waals surface area contributed by atoms with Crippen LogP contribution in [-0.4, -0.2) is 50.9 Å². The van der Waals surface area contributed by atoms with Crippen molar-refractivity contribution >= 4 is 27.6 Å². The van der Waals surface area contributed by atoms with Gasteiger partial charge in [0.1, 0.15) is 6.04 Å². The lowest BCUT2D eigenvalue weighted by Gasteiger charge is -2.34. The number of benzene rings is 1. The van der Waals surface area contributed by atoms with E-state index in [2.05, 4.69) is 15.4 Å². The van der Waals surface area contributed by atoms with Crippen molar-refractivity contribution in [1.29, 1.82) is 0 Å². The van der Waals surface area contributed by atoms with Gasteiger partial charge in [0.05, 0.1) is 4.90 Å². The molecule has 25 heavy (non-hydrogen) atoms. The van der Waals surface area contributed by atoms with E-state index >= 15 is 0 Å². The molecule has 1 atom stereocenters. The van der Waals surface area contributed by atoms with Crippen molar-refractivity contribution in [1.82, 2.24) is 14.9 Å². The summed E-state index contributed by atoms with van der Waals surface area (Å²) in [4.78, 5) is 25.9. The van der Waals surface area contributed by atoms with Crippen LogP contribution in [0.1, 0.15) is 26.7 Å². The number of sulfonamides is 1. The van der Waals surface area contributed by atoms with Gasteiger partial charge >= 0.3 is 6.03 Å². The molecule has 0 bridgehead atoms. The number of nitrogens with zero attached hydrogens (tertiary/aromatic N) is 1. The van der Waals surface area contributed by atoms with E-state index in [1.54, 1.807) is 0 Å². The number of amides is 3. The van der Waals surface area contributed by atoms with E-state index in [4.69, 9.17) is 0 Å². The zero-order valence-electron chi connectivity index (χ0n) is 14.4. The van der Waals surface area contributed by atoms with Crippen molar-refractivity contribution in [2.75, 3.05) is 25.0 Å². The molecule has 3 N–H and O–H groups in total. The molecule has 0 spiro atoms. The minimum atomic E-state index is -3.53. The summed E-state index contributed by atoms with van der Waals surface area (Å²) in [6.45, 7) is 4.95. The van der Waals surface area contributed by atoms with E-state index in [0.717, 1.165) is 0 Å². The maximum Gasteiger partial charge on any atom is 0.322 e. The number of carbonyl (C=O) groups is 2. The first kappa shape index (κ1) is 19.2. The number of urea groups is 1. The van der Waals surface area contributed by atoms with E-state index < -0.39 is 16.1 Å². The van der Waals surface area contributed by atoms with Crippen LogP contribution in [0.4, 0.5) is 10.5 Å². The van der Waals surface area contributed by atoms with Gasteiger partial charge in [-0.1, -0.05) is 13.8 Å². The molecule has 9 heteroatoms. The lowest BCUT2D eigenvalue weighted by Crippen LogP contribution is -2.57. The lowest BCUT2D eigenvalue weighted by molar-refractivity contribution is -0.127. The van der Waals surface area contributed by atoms with E-state index in [1.807, 2.05) is 13.8 Å². The van der Waals surface area contributed by atoms with Crippen LogP contribution in [0.2, 0.25) is 0 Å². The Balaban J connectivity index is 2.05.